The lowest BCUT2D eigenvalue weighted by atomic mass is 9.54. The standard InChI is InChI=1S/C32H42O7/c1-5-23(27(34)39-32-15-20-11-21(16-32)13-22(12-20)17-32)14-24(18-31(4)19-26(33)37-29(31)36)28(35)38-30(2,3)25-9-7-6-8-10-25/h6-10,20-24H,5,11-19H2,1-4H3. The molecule has 0 radical (unpaired) electrons. The summed E-state index contributed by atoms with van der Waals surface area (Å²) in [5.74, 6) is -1.29. The molecule has 39 heavy (non-hydrogen) atoms. The van der Waals surface area contributed by atoms with Crippen LogP contribution in [0.1, 0.15) is 97.5 Å². The van der Waals surface area contributed by atoms with E-state index in [2.05, 4.69) is 0 Å². The number of benzene rings is 1. The molecule has 6 rings (SSSR count). The first-order valence-electron chi connectivity index (χ1n) is 14.7. The fourth-order valence-corrected chi connectivity index (χ4v) is 8.07. The number of rotatable bonds is 10. The maximum atomic E-state index is 13.7. The van der Waals surface area contributed by atoms with Gasteiger partial charge >= 0.3 is 23.9 Å². The van der Waals surface area contributed by atoms with Crippen molar-refractivity contribution in [3.63, 3.8) is 0 Å². The smallest absolute Gasteiger partial charge is 0.320 e. The van der Waals surface area contributed by atoms with E-state index in [1.165, 1.54) is 19.3 Å². The van der Waals surface area contributed by atoms with Crippen molar-refractivity contribution in [2.75, 3.05) is 0 Å². The van der Waals surface area contributed by atoms with E-state index in [0.29, 0.717) is 24.2 Å². The normalized spacial score (nSPS) is 33.0. The summed E-state index contributed by atoms with van der Waals surface area (Å²) in [5.41, 5.74) is -1.57. The van der Waals surface area contributed by atoms with Crippen molar-refractivity contribution in [2.45, 2.75) is 103 Å². The first kappa shape index (κ1) is 27.9. The second kappa shape index (κ2) is 10.4. The highest BCUT2D eigenvalue weighted by Gasteiger charge is 2.54. The van der Waals surface area contributed by atoms with Gasteiger partial charge in [0.25, 0.3) is 0 Å². The van der Waals surface area contributed by atoms with Crippen molar-refractivity contribution in [2.24, 2.45) is 35.0 Å². The zero-order valence-corrected chi connectivity index (χ0v) is 23.7. The van der Waals surface area contributed by atoms with Gasteiger partial charge in [-0.2, -0.15) is 0 Å². The van der Waals surface area contributed by atoms with Gasteiger partial charge in [0.1, 0.15) is 11.2 Å². The number of cyclic esters (lactones) is 2. The second-order valence-corrected chi connectivity index (χ2v) is 13.6. The molecular formula is C32H42O7. The van der Waals surface area contributed by atoms with Gasteiger partial charge in [-0.05, 0) is 102 Å². The summed E-state index contributed by atoms with van der Waals surface area (Å²) >= 11 is 0. The molecule has 4 aliphatic carbocycles. The molecule has 1 saturated heterocycles. The van der Waals surface area contributed by atoms with Gasteiger partial charge in [-0.1, -0.05) is 37.3 Å². The van der Waals surface area contributed by atoms with Crippen molar-refractivity contribution in [3.05, 3.63) is 35.9 Å². The first-order chi connectivity index (χ1) is 18.4. The summed E-state index contributed by atoms with van der Waals surface area (Å²) in [4.78, 5) is 51.9. The summed E-state index contributed by atoms with van der Waals surface area (Å²) in [5, 5.41) is 0. The lowest BCUT2D eigenvalue weighted by Crippen LogP contribution is -2.53. The van der Waals surface area contributed by atoms with E-state index in [0.717, 1.165) is 24.8 Å². The van der Waals surface area contributed by atoms with Gasteiger partial charge in [-0.3, -0.25) is 19.2 Å². The third kappa shape index (κ3) is 5.78. The Hall–Kier alpha value is -2.70. The Bertz CT molecular complexity index is 1090. The van der Waals surface area contributed by atoms with Crippen molar-refractivity contribution in [1.82, 2.24) is 0 Å². The number of carbonyl (C=O) groups is 4. The molecule has 4 bridgehead atoms. The summed E-state index contributed by atoms with van der Waals surface area (Å²) < 4.78 is 17.2. The van der Waals surface area contributed by atoms with E-state index in [9.17, 15) is 19.2 Å². The van der Waals surface area contributed by atoms with Gasteiger partial charge in [-0.15, -0.1) is 0 Å². The average molecular weight is 539 g/mol. The fourth-order valence-electron chi connectivity index (χ4n) is 8.07. The number of ether oxygens (including phenoxy) is 3. The van der Waals surface area contributed by atoms with Crippen LogP contribution >= 0.6 is 0 Å². The van der Waals surface area contributed by atoms with E-state index in [1.807, 2.05) is 51.1 Å². The molecule has 7 nitrogen and oxygen atoms in total. The maximum absolute atomic E-state index is 13.7. The molecule has 0 spiro atoms. The summed E-state index contributed by atoms with van der Waals surface area (Å²) in [7, 11) is 0. The van der Waals surface area contributed by atoms with E-state index in [4.69, 9.17) is 14.2 Å². The Balaban J connectivity index is 1.33. The summed E-state index contributed by atoms with van der Waals surface area (Å²) in [6, 6.07) is 9.46. The highest BCUT2D eigenvalue weighted by molar-refractivity contribution is 5.97. The Labute approximate surface area is 231 Å². The number of esters is 4. The Morgan fingerprint density at radius 2 is 1.56 bits per heavy atom. The van der Waals surface area contributed by atoms with E-state index >= 15 is 0 Å². The van der Waals surface area contributed by atoms with E-state index in [1.54, 1.807) is 6.92 Å². The highest BCUT2D eigenvalue weighted by Crippen LogP contribution is 2.57. The van der Waals surface area contributed by atoms with Crippen molar-refractivity contribution in [3.8, 4) is 0 Å². The van der Waals surface area contributed by atoms with Crippen LogP contribution in [0.2, 0.25) is 0 Å². The van der Waals surface area contributed by atoms with Crippen LogP contribution in [0.25, 0.3) is 0 Å². The molecule has 212 valence electrons. The largest absolute Gasteiger partial charge is 0.459 e. The van der Waals surface area contributed by atoms with Gasteiger partial charge in [0.15, 0.2) is 0 Å². The third-order valence-corrected chi connectivity index (χ3v) is 9.78. The topological polar surface area (TPSA) is 96.0 Å². The monoisotopic (exact) mass is 538 g/mol. The van der Waals surface area contributed by atoms with Crippen LogP contribution in [0.3, 0.4) is 0 Å². The molecule has 1 aliphatic heterocycles. The molecule has 0 amide bonds. The molecule has 1 aromatic carbocycles. The van der Waals surface area contributed by atoms with Gasteiger partial charge < -0.3 is 14.2 Å². The molecule has 1 aromatic rings. The van der Waals surface area contributed by atoms with Crippen LogP contribution in [0.15, 0.2) is 30.3 Å². The molecule has 0 aromatic heterocycles. The minimum absolute atomic E-state index is 0.0718. The number of hydrogen-bond acceptors (Lipinski definition) is 7. The number of carbonyl (C=O) groups excluding carboxylic acids is 4. The molecule has 7 heteroatoms. The minimum atomic E-state index is -1.14. The lowest BCUT2D eigenvalue weighted by molar-refractivity contribution is -0.192. The average Bonchev–Trinajstić information content (AvgIpc) is 3.11. The Kier molecular flexibility index (Phi) is 7.40. The zero-order valence-electron chi connectivity index (χ0n) is 23.7. The molecule has 4 saturated carbocycles. The molecule has 5 fully saturated rings. The molecule has 3 unspecified atom stereocenters. The van der Waals surface area contributed by atoms with Crippen LogP contribution in [-0.4, -0.2) is 29.5 Å². The van der Waals surface area contributed by atoms with Gasteiger partial charge in [0, 0.05) is 0 Å². The van der Waals surface area contributed by atoms with Crippen molar-refractivity contribution >= 4 is 23.9 Å². The highest BCUT2D eigenvalue weighted by atomic mass is 16.6. The van der Waals surface area contributed by atoms with Gasteiger partial charge in [0.2, 0.25) is 0 Å². The lowest BCUT2D eigenvalue weighted by Gasteiger charge is -2.55. The molecule has 5 aliphatic rings. The number of hydrogen-bond donors (Lipinski definition) is 0. The molecule has 1 heterocycles. The minimum Gasteiger partial charge on any atom is -0.459 e. The van der Waals surface area contributed by atoms with Gasteiger partial charge in [0.05, 0.1) is 23.7 Å². The first-order valence-corrected chi connectivity index (χ1v) is 14.7. The molecular weight excluding hydrogens is 496 g/mol. The van der Waals surface area contributed by atoms with Crippen molar-refractivity contribution < 1.29 is 33.4 Å². The van der Waals surface area contributed by atoms with Crippen LogP contribution in [-0.2, 0) is 39.0 Å². The van der Waals surface area contributed by atoms with Crippen LogP contribution in [0.5, 0.6) is 0 Å². The van der Waals surface area contributed by atoms with Crippen LogP contribution in [0.4, 0.5) is 0 Å². The fraction of sp³-hybridized carbons (Fsp3) is 0.688. The summed E-state index contributed by atoms with van der Waals surface area (Å²) in [6.45, 7) is 7.23. The molecule has 3 atom stereocenters. The zero-order chi connectivity index (χ0) is 28.0. The van der Waals surface area contributed by atoms with Crippen LogP contribution < -0.4 is 0 Å². The third-order valence-electron chi connectivity index (χ3n) is 9.78. The quantitative estimate of drug-likeness (QED) is 0.209. The Morgan fingerprint density at radius 1 is 0.974 bits per heavy atom. The predicted molar refractivity (Wildman–Crippen MR) is 143 cm³/mol. The summed E-state index contributed by atoms with van der Waals surface area (Å²) in [6.07, 6.45) is 7.30. The Morgan fingerprint density at radius 3 is 2.08 bits per heavy atom. The van der Waals surface area contributed by atoms with E-state index < -0.39 is 40.8 Å². The SMILES string of the molecule is CCC(CC(CC1(C)CC(=O)OC1=O)C(=O)OC(C)(C)c1ccccc1)C(=O)OC12CC3CC(CC(C3)C1)C2. The van der Waals surface area contributed by atoms with Crippen LogP contribution in [0, 0.1) is 35.0 Å². The van der Waals surface area contributed by atoms with E-state index in [-0.39, 0.29) is 30.8 Å². The second-order valence-electron chi connectivity index (χ2n) is 13.6. The maximum Gasteiger partial charge on any atom is 0.320 e. The van der Waals surface area contributed by atoms with Gasteiger partial charge in [-0.25, -0.2) is 0 Å². The van der Waals surface area contributed by atoms with Crippen molar-refractivity contribution in [1.29, 1.82) is 0 Å². The molecule has 0 N–H and O–H groups in total. The predicted octanol–water partition coefficient (Wildman–Crippen LogP) is 5.88.